The molecule has 6 heteroatoms. The quantitative estimate of drug-likeness (QED) is 0.538. The number of aryl methyl sites for hydroxylation is 1. The summed E-state index contributed by atoms with van der Waals surface area (Å²) in [4.78, 5) is 19.8. The average Bonchev–Trinajstić information content (AvgIpc) is 2.74. The molecule has 0 aliphatic carbocycles. The van der Waals surface area contributed by atoms with Gasteiger partial charge in [-0.1, -0.05) is 44.5 Å². The molecule has 0 saturated heterocycles. The molecular weight excluding hydrogens is 410 g/mol. The summed E-state index contributed by atoms with van der Waals surface area (Å²) in [5.74, 6) is 1.18. The van der Waals surface area contributed by atoms with Crippen LogP contribution < -0.4 is 15.0 Å². The number of pyridine rings is 1. The number of nitrogens with zero attached hydrogens (tertiary/aromatic N) is 2. The number of carbonyl (C=O) groups excluding carboxylic acids is 1. The van der Waals surface area contributed by atoms with Crippen molar-refractivity contribution in [2.45, 2.75) is 33.1 Å². The first-order chi connectivity index (χ1) is 14.7. The van der Waals surface area contributed by atoms with E-state index < -0.39 is 0 Å². The Kier molecular flexibility index (Phi) is 5.63. The van der Waals surface area contributed by atoms with E-state index in [9.17, 15) is 4.79 Å². The van der Waals surface area contributed by atoms with Crippen LogP contribution in [0.25, 0.3) is 0 Å². The summed E-state index contributed by atoms with van der Waals surface area (Å²) < 4.78 is 5.93. The Labute approximate surface area is 188 Å². The van der Waals surface area contributed by atoms with Crippen LogP contribution in [0.1, 0.15) is 42.3 Å². The molecule has 0 radical (unpaired) electrons. The molecule has 3 aromatic rings. The number of amides is 1. The molecule has 0 unspecified atom stereocenters. The van der Waals surface area contributed by atoms with Gasteiger partial charge in [0.05, 0.1) is 17.8 Å². The molecule has 1 aromatic heterocycles. The molecule has 2 aromatic carbocycles. The van der Waals surface area contributed by atoms with Crippen molar-refractivity contribution in [3.8, 4) is 5.75 Å². The van der Waals surface area contributed by atoms with Gasteiger partial charge in [-0.05, 0) is 59.9 Å². The fourth-order valence-electron chi connectivity index (χ4n) is 3.66. The summed E-state index contributed by atoms with van der Waals surface area (Å²) in [6.07, 6.45) is 1.84. The third-order valence-electron chi connectivity index (χ3n) is 5.30. The van der Waals surface area contributed by atoms with Crippen LogP contribution in [-0.4, -0.2) is 24.0 Å². The van der Waals surface area contributed by atoms with Crippen molar-refractivity contribution in [2.75, 3.05) is 23.4 Å². The molecule has 4 rings (SSSR count). The summed E-state index contributed by atoms with van der Waals surface area (Å²) in [6, 6.07) is 15.2. The molecule has 31 heavy (non-hydrogen) atoms. The molecule has 1 N–H and O–H groups in total. The van der Waals surface area contributed by atoms with Gasteiger partial charge in [-0.2, -0.15) is 0 Å². The molecule has 1 aliphatic rings. The number of fused-ring (bicyclic) bond motifs is 1. The molecule has 1 aliphatic heterocycles. The Morgan fingerprint density at radius 2 is 1.97 bits per heavy atom. The van der Waals surface area contributed by atoms with Gasteiger partial charge in [-0.15, -0.1) is 0 Å². The van der Waals surface area contributed by atoms with Crippen molar-refractivity contribution >= 4 is 34.7 Å². The third-order valence-corrected chi connectivity index (χ3v) is 5.63. The normalized spacial score (nSPS) is 13.4. The van der Waals surface area contributed by atoms with Crippen LogP contribution in [0.4, 0.5) is 17.2 Å². The number of hydrogen-bond acceptors (Lipinski definition) is 4. The van der Waals surface area contributed by atoms with Gasteiger partial charge in [0.25, 0.3) is 5.91 Å². The highest BCUT2D eigenvalue weighted by molar-refractivity contribution is 6.31. The summed E-state index contributed by atoms with van der Waals surface area (Å²) in [5.41, 5.74) is 3.97. The van der Waals surface area contributed by atoms with Crippen molar-refractivity contribution in [1.82, 2.24) is 4.98 Å². The minimum Gasteiger partial charge on any atom is -0.489 e. The van der Waals surface area contributed by atoms with Crippen molar-refractivity contribution < 1.29 is 9.53 Å². The number of aromatic nitrogens is 1. The maximum absolute atomic E-state index is 13.2. The first-order valence-corrected chi connectivity index (χ1v) is 10.7. The van der Waals surface area contributed by atoms with E-state index in [1.54, 1.807) is 6.07 Å². The molecule has 160 valence electrons. The van der Waals surface area contributed by atoms with E-state index in [1.807, 2.05) is 55.6 Å². The van der Waals surface area contributed by atoms with Crippen LogP contribution >= 0.6 is 11.6 Å². The number of benzene rings is 2. The Hall–Kier alpha value is -3.05. The van der Waals surface area contributed by atoms with Crippen LogP contribution in [0.2, 0.25) is 5.02 Å². The number of carbonyl (C=O) groups is 1. The molecule has 0 fully saturated rings. The second-order valence-corrected chi connectivity index (χ2v) is 9.15. The average molecular weight is 436 g/mol. The lowest BCUT2D eigenvalue weighted by Crippen LogP contribution is -2.30. The summed E-state index contributed by atoms with van der Waals surface area (Å²) in [6.45, 7) is 9.43. The van der Waals surface area contributed by atoms with Gasteiger partial charge < -0.3 is 15.0 Å². The van der Waals surface area contributed by atoms with Gasteiger partial charge in [0.15, 0.2) is 5.75 Å². The van der Waals surface area contributed by atoms with E-state index in [0.717, 1.165) is 22.6 Å². The summed E-state index contributed by atoms with van der Waals surface area (Å²) in [5, 5.41) is 3.69. The van der Waals surface area contributed by atoms with E-state index in [4.69, 9.17) is 16.3 Å². The molecule has 0 atom stereocenters. The monoisotopic (exact) mass is 435 g/mol. The highest BCUT2D eigenvalue weighted by atomic mass is 35.5. The smallest absolute Gasteiger partial charge is 0.259 e. The van der Waals surface area contributed by atoms with Gasteiger partial charge in [-0.25, -0.2) is 4.98 Å². The second kappa shape index (κ2) is 8.23. The van der Waals surface area contributed by atoms with Gasteiger partial charge >= 0.3 is 0 Å². The topological polar surface area (TPSA) is 54.5 Å². The molecule has 5 nitrogen and oxygen atoms in total. The third kappa shape index (κ3) is 4.37. The number of ether oxygens (including phenoxy) is 1. The predicted molar refractivity (Wildman–Crippen MR) is 126 cm³/mol. The summed E-state index contributed by atoms with van der Waals surface area (Å²) in [7, 11) is 0. The standard InChI is InChI=1S/C25H26ClN3O2/c1-16-8-11-22(27-15-16)29-12-13-31-23-18(6-5-7-21(23)29)24(30)28-17-9-10-20(26)19(14-17)25(2,3)4/h5-11,14-15H,12-13H2,1-4H3,(H,28,30). The first-order valence-electron chi connectivity index (χ1n) is 10.3. The Bertz CT molecular complexity index is 1120. The van der Waals surface area contributed by atoms with E-state index in [1.165, 1.54) is 0 Å². The Balaban J connectivity index is 1.65. The number of para-hydroxylation sites is 1. The fraction of sp³-hybridized carbons (Fsp3) is 0.280. The lowest BCUT2D eigenvalue weighted by molar-refractivity contribution is 0.102. The molecule has 1 amide bonds. The number of nitrogens with one attached hydrogen (secondary N) is 1. The van der Waals surface area contributed by atoms with Crippen LogP contribution in [0, 0.1) is 6.92 Å². The molecule has 0 bridgehead atoms. The second-order valence-electron chi connectivity index (χ2n) is 8.75. The van der Waals surface area contributed by atoms with E-state index in [-0.39, 0.29) is 11.3 Å². The van der Waals surface area contributed by atoms with Crippen molar-refractivity contribution in [2.24, 2.45) is 0 Å². The van der Waals surface area contributed by atoms with Gasteiger partial charge in [0.2, 0.25) is 0 Å². The fourth-order valence-corrected chi connectivity index (χ4v) is 4.06. The largest absolute Gasteiger partial charge is 0.489 e. The first kappa shape index (κ1) is 21.2. The van der Waals surface area contributed by atoms with Crippen LogP contribution in [0.3, 0.4) is 0 Å². The van der Waals surface area contributed by atoms with E-state index in [2.05, 4.69) is 36.0 Å². The molecule has 0 saturated carbocycles. The number of hydrogen-bond donors (Lipinski definition) is 1. The zero-order valence-electron chi connectivity index (χ0n) is 18.2. The van der Waals surface area contributed by atoms with Gasteiger partial charge in [0, 0.05) is 16.9 Å². The van der Waals surface area contributed by atoms with Crippen molar-refractivity contribution in [1.29, 1.82) is 0 Å². The maximum Gasteiger partial charge on any atom is 0.259 e. The SMILES string of the molecule is Cc1ccc(N2CCOc3c(C(=O)Nc4ccc(Cl)c(C(C)(C)C)c4)cccc32)nc1. The van der Waals surface area contributed by atoms with Gasteiger partial charge in [-0.3, -0.25) is 4.79 Å². The van der Waals surface area contributed by atoms with Crippen LogP contribution in [0.5, 0.6) is 5.75 Å². The van der Waals surface area contributed by atoms with Crippen molar-refractivity contribution in [3.05, 3.63) is 76.4 Å². The van der Waals surface area contributed by atoms with E-state index in [0.29, 0.717) is 35.2 Å². The van der Waals surface area contributed by atoms with Crippen LogP contribution in [-0.2, 0) is 5.41 Å². The Morgan fingerprint density at radius 3 is 2.68 bits per heavy atom. The lowest BCUT2D eigenvalue weighted by atomic mass is 9.87. The lowest BCUT2D eigenvalue weighted by Gasteiger charge is -2.31. The van der Waals surface area contributed by atoms with Crippen molar-refractivity contribution in [3.63, 3.8) is 0 Å². The van der Waals surface area contributed by atoms with Crippen LogP contribution in [0.15, 0.2) is 54.7 Å². The minimum atomic E-state index is -0.224. The summed E-state index contributed by atoms with van der Waals surface area (Å²) >= 11 is 6.37. The highest BCUT2D eigenvalue weighted by Crippen LogP contribution is 2.39. The number of halogens is 1. The maximum atomic E-state index is 13.2. The molecule has 2 heterocycles. The zero-order chi connectivity index (χ0) is 22.2. The minimum absolute atomic E-state index is 0.131. The van der Waals surface area contributed by atoms with Gasteiger partial charge in [0.1, 0.15) is 12.4 Å². The Morgan fingerprint density at radius 1 is 1.16 bits per heavy atom. The zero-order valence-corrected chi connectivity index (χ0v) is 19.0. The molecule has 0 spiro atoms. The highest BCUT2D eigenvalue weighted by Gasteiger charge is 2.26. The molecular formula is C25H26ClN3O2. The number of rotatable bonds is 3. The van der Waals surface area contributed by atoms with E-state index >= 15 is 0 Å². The predicted octanol–water partition coefficient (Wildman–Crippen LogP) is 6.12. The number of anilines is 3.